The molecule has 0 atom stereocenters. The van der Waals surface area contributed by atoms with E-state index in [0.29, 0.717) is 27.8 Å². The summed E-state index contributed by atoms with van der Waals surface area (Å²) in [4.78, 5) is 25.1. The first-order valence-corrected chi connectivity index (χ1v) is 9.64. The number of hydrogen-bond acceptors (Lipinski definition) is 6. The maximum absolute atomic E-state index is 12.6. The van der Waals surface area contributed by atoms with Crippen molar-refractivity contribution in [2.75, 3.05) is 14.2 Å². The van der Waals surface area contributed by atoms with Gasteiger partial charge in [0.05, 0.1) is 25.3 Å². The van der Waals surface area contributed by atoms with E-state index >= 15 is 0 Å². The molecule has 0 saturated heterocycles. The molecule has 0 aromatic heterocycles. The molecule has 0 fully saturated rings. The fourth-order valence-corrected chi connectivity index (χ4v) is 3.31. The van der Waals surface area contributed by atoms with E-state index in [1.165, 1.54) is 26.4 Å². The average molecular weight is 437 g/mol. The van der Waals surface area contributed by atoms with E-state index in [1.807, 2.05) is 6.07 Å². The Morgan fingerprint density at radius 2 is 1.77 bits per heavy atom. The van der Waals surface area contributed by atoms with Crippen LogP contribution in [0.5, 0.6) is 23.0 Å². The second-order valence-electron chi connectivity index (χ2n) is 6.61. The minimum absolute atomic E-state index is 0.167. The number of rotatable bonds is 5. The second kappa shape index (κ2) is 8.53. The van der Waals surface area contributed by atoms with Crippen LogP contribution in [0.2, 0.25) is 5.02 Å². The molecular formula is C24H17ClO6. The molecule has 0 saturated carbocycles. The number of esters is 1. The van der Waals surface area contributed by atoms with Crippen molar-refractivity contribution in [3.63, 3.8) is 0 Å². The van der Waals surface area contributed by atoms with Crippen molar-refractivity contribution >= 4 is 29.4 Å². The first kappa shape index (κ1) is 20.5. The molecule has 4 rings (SSSR count). The summed E-state index contributed by atoms with van der Waals surface area (Å²) in [5.41, 5.74) is 1.42. The number of Topliss-reactive ketones (excluding diaryl/α,β-unsaturated/α-hetero) is 1. The Morgan fingerprint density at radius 1 is 0.968 bits per heavy atom. The Kier molecular flexibility index (Phi) is 5.64. The van der Waals surface area contributed by atoms with E-state index in [9.17, 15) is 9.59 Å². The number of carbonyl (C=O) groups is 2. The van der Waals surface area contributed by atoms with Crippen molar-refractivity contribution in [2.45, 2.75) is 0 Å². The number of ketones is 1. The van der Waals surface area contributed by atoms with Crippen LogP contribution in [0.1, 0.15) is 26.3 Å². The normalized spacial score (nSPS) is 13.5. The summed E-state index contributed by atoms with van der Waals surface area (Å²) in [7, 11) is 2.99. The van der Waals surface area contributed by atoms with Crippen molar-refractivity contribution in [3.8, 4) is 23.0 Å². The summed E-state index contributed by atoms with van der Waals surface area (Å²) in [6.45, 7) is 0. The van der Waals surface area contributed by atoms with Crippen LogP contribution in [-0.4, -0.2) is 26.0 Å². The fourth-order valence-electron chi connectivity index (χ4n) is 3.11. The molecule has 6 nitrogen and oxygen atoms in total. The van der Waals surface area contributed by atoms with Crippen LogP contribution < -0.4 is 18.9 Å². The zero-order chi connectivity index (χ0) is 22.0. The Hall–Kier alpha value is -3.77. The third-order valence-corrected chi connectivity index (χ3v) is 4.85. The van der Waals surface area contributed by atoms with Gasteiger partial charge in [-0.2, -0.15) is 0 Å². The minimum Gasteiger partial charge on any atom is -0.493 e. The number of halogens is 1. The largest absolute Gasteiger partial charge is 0.493 e. The lowest BCUT2D eigenvalue weighted by Crippen LogP contribution is -2.09. The maximum Gasteiger partial charge on any atom is 0.343 e. The standard InChI is InChI=1S/C24H17ClO6/c1-28-19-9-6-15(12-21(19)29-2)24(27)30-17-7-8-18-20(13-17)31-22(23(18)26)11-14-4-3-5-16(25)10-14/h3-13H,1-2H3/b22-11-. The number of methoxy groups -OCH3 is 2. The molecule has 0 unspecified atom stereocenters. The molecule has 3 aromatic carbocycles. The lowest BCUT2D eigenvalue weighted by Gasteiger charge is -2.10. The maximum atomic E-state index is 12.6. The molecule has 0 radical (unpaired) electrons. The lowest BCUT2D eigenvalue weighted by molar-refractivity contribution is 0.0734. The molecular weight excluding hydrogens is 420 g/mol. The van der Waals surface area contributed by atoms with Crippen LogP contribution in [0.3, 0.4) is 0 Å². The summed E-state index contributed by atoms with van der Waals surface area (Å²) in [6, 6.07) is 16.4. The van der Waals surface area contributed by atoms with Crippen LogP contribution in [0.15, 0.2) is 66.4 Å². The van der Waals surface area contributed by atoms with Crippen molar-refractivity contribution in [1.29, 1.82) is 0 Å². The monoisotopic (exact) mass is 436 g/mol. The Morgan fingerprint density at radius 3 is 2.52 bits per heavy atom. The molecule has 7 heteroatoms. The average Bonchev–Trinajstić information content (AvgIpc) is 3.07. The topological polar surface area (TPSA) is 71.1 Å². The third-order valence-electron chi connectivity index (χ3n) is 4.62. The summed E-state index contributed by atoms with van der Waals surface area (Å²) >= 11 is 5.99. The van der Waals surface area contributed by atoms with Gasteiger partial charge in [-0.3, -0.25) is 4.79 Å². The van der Waals surface area contributed by atoms with Gasteiger partial charge in [-0.05, 0) is 54.1 Å². The minimum atomic E-state index is -0.583. The van der Waals surface area contributed by atoms with Gasteiger partial charge in [-0.1, -0.05) is 23.7 Å². The molecule has 1 aliphatic heterocycles. The summed E-state index contributed by atoms with van der Waals surface area (Å²) in [5.74, 6) is 0.803. The van der Waals surface area contributed by atoms with Crippen molar-refractivity contribution < 1.29 is 28.5 Å². The van der Waals surface area contributed by atoms with E-state index in [4.69, 9.17) is 30.5 Å². The summed E-state index contributed by atoms with van der Waals surface area (Å²) in [6.07, 6.45) is 1.61. The lowest BCUT2D eigenvalue weighted by atomic mass is 10.1. The number of ether oxygens (including phenoxy) is 4. The molecule has 156 valence electrons. The Labute approximate surface area is 183 Å². The number of benzene rings is 3. The number of carbonyl (C=O) groups excluding carboxylic acids is 2. The van der Waals surface area contributed by atoms with Crippen LogP contribution in [0.25, 0.3) is 6.08 Å². The van der Waals surface area contributed by atoms with Crippen LogP contribution in [0.4, 0.5) is 0 Å². The third kappa shape index (κ3) is 4.25. The van der Waals surface area contributed by atoms with Crippen molar-refractivity contribution in [3.05, 3.63) is 88.1 Å². The highest BCUT2D eigenvalue weighted by Gasteiger charge is 2.28. The first-order chi connectivity index (χ1) is 15.0. The van der Waals surface area contributed by atoms with Crippen molar-refractivity contribution in [1.82, 2.24) is 0 Å². The molecule has 0 bridgehead atoms. The van der Waals surface area contributed by atoms with Crippen LogP contribution in [0, 0.1) is 0 Å². The van der Waals surface area contributed by atoms with E-state index in [-0.39, 0.29) is 22.9 Å². The first-order valence-electron chi connectivity index (χ1n) is 9.26. The molecule has 1 heterocycles. The molecule has 0 aliphatic carbocycles. The van der Waals surface area contributed by atoms with Gasteiger partial charge in [0.1, 0.15) is 11.5 Å². The molecule has 31 heavy (non-hydrogen) atoms. The molecule has 0 spiro atoms. The van der Waals surface area contributed by atoms with Gasteiger partial charge in [0.15, 0.2) is 17.3 Å². The van der Waals surface area contributed by atoms with Gasteiger partial charge in [0.2, 0.25) is 5.78 Å². The number of hydrogen-bond donors (Lipinski definition) is 0. The predicted molar refractivity (Wildman–Crippen MR) is 115 cm³/mol. The quantitative estimate of drug-likeness (QED) is 0.311. The highest BCUT2D eigenvalue weighted by Crippen LogP contribution is 2.35. The molecule has 1 aliphatic rings. The van der Waals surface area contributed by atoms with Gasteiger partial charge in [-0.25, -0.2) is 4.79 Å². The smallest absolute Gasteiger partial charge is 0.343 e. The Balaban J connectivity index is 1.54. The van der Waals surface area contributed by atoms with Crippen LogP contribution >= 0.6 is 11.6 Å². The van der Waals surface area contributed by atoms with Crippen LogP contribution in [-0.2, 0) is 0 Å². The molecule has 0 N–H and O–H groups in total. The van der Waals surface area contributed by atoms with E-state index < -0.39 is 5.97 Å². The number of allylic oxidation sites excluding steroid dienone is 1. The van der Waals surface area contributed by atoms with E-state index in [0.717, 1.165) is 5.56 Å². The SMILES string of the molecule is COc1ccc(C(=O)Oc2ccc3c(c2)O/C(=C\c2cccc(Cl)c2)C3=O)cc1OC. The Bertz CT molecular complexity index is 1210. The summed E-state index contributed by atoms with van der Waals surface area (Å²) < 4.78 is 21.5. The zero-order valence-corrected chi connectivity index (χ0v) is 17.4. The van der Waals surface area contributed by atoms with E-state index in [1.54, 1.807) is 48.5 Å². The second-order valence-corrected chi connectivity index (χ2v) is 7.05. The molecule has 0 amide bonds. The predicted octanol–water partition coefficient (Wildman–Crippen LogP) is 5.19. The summed E-state index contributed by atoms with van der Waals surface area (Å²) in [5, 5.41) is 0.557. The number of fused-ring (bicyclic) bond motifs is 1. The van der Waals surface area contributed by atoms with Gasteiger partial charge in [0.25, 0.3) is 0 Å². The van der Waals surface area contributed by atoms with Gasteiger partial charge >= 0.3 is 5.97 Å². The molecule has 3 aromatic rings. The van der Waals surface area contributed by atoms with Gasteiger partial charge < -0.3 is 18.9 Å². The van der Waals surface area contributed by atoms with Gasteiger partial charge in [-0.15, -0.1) is 0 Å². The zero-order valence-electron chi connectivity index (χ0n) is 16.7. The highest BCUT2D eigenvalue weighted by molar-refractivity contribution is 6.30. The fraction of sp³-hybridized carbons (Fsp3) is 0.0833. The van der Waals surface area contributed by atoms with Gasteiger partial charge in [0, 0.05) is 11.1 Å². The van der Waals surface area contributed by atoms with Crippen molar-refractivity contribution in [2.24, 2.45) is 0 Å². The van der Waals surface area contributed by atoms with E-state index in [2.05, 4.69) is 0 Å². The highest BCUT2D eigenvalue weighted by atomic mass is 35.5.